The number of amides is 1. The maximum absolute atomic E-state index is 13.0. The first-order valence-corrected chi connectivity index (χ1v) is 8.91. The van der Waals surface area contributed by atoms with E-state index in [0.29, 0.717) is 31.9 Å². The van der Waals surface area contributed by atoms with E-state index in [9.17, 15) is 19.7 Å². The zero-order valence-electron chi connectivity index (χ0n) is 14.7. The Morgan fingerprint density at radius 1 is 1.14 bits per heavy atom. The van der Waals surface area contributed by atoms with Crippen LogP contribution in [0.2, 0.25) is 5.02 Å². The van der Waals surface area contributed by atoms with E-state index >= 15 is 0 Å². The normalized spacial score (nSPS) is 15.0. The number of morpholine rings is 1. The first-order chi connectivity index (χ1) is 13.5. The van der Waals surface area contributed by atoms with Gasteiger partial charge in [-0.15, -0.1) is 0 Å². The number of nitro groups is 1. The van der Waals surface area contributed by atoms with Gasteiger partial charge in [0.15, 0.2) is 0 Å². The highest BCUT2D eigenvalue weighted by atomic mass is 35.5. The van der Waals surface area contributed by atoms with Crippen LogP contribution in [0.5, 0.6) is 0 Å². The van der Waals surface area contributed by atoms with Gasteiger partial charge >= 0.3 is 5.97 Å². The van der Waals surface area contributed by atoms with Crippen LogP contribution in [-0.2, 0) is 14.3 Å². The van der Waals surface area contributed by atoms with E-state index in [1.54, 1.807) is 35.2 Å². The monoisotopic (exact) mass is 404 g/mol. The first-order valence-electron chi connectivity index (χ1n) is 8.54. The minimum Gasteiger partial charge on any atom is -0.444 e. The molecule has 0 spiro atoms. The highest BCUT2D eigenvalue weighted by molar-refractivity contribution is 6.32. The minimum absolute atomic E-state index is 0.0631. The molecule has 1 amide bonds. The summed E-state index contributed by atoms with van der Waals surface area (Å²) in [6.07, 6.45) is -1.17. The van der Waals surface area contributed by atoms with Crippen LogP contribution in [0.4, 0.5) is 5.69 Å². The number of hydrogen-bond acceptors (Lipinski definition) is 6. The highest BCUT2D eigenvalue weighted by Crippen LogP contribution is 2.27. The Morgan fingerprint density at radius 3 is 2.46 bits per heavy atom. The summed E-state index contributed by atoms with van der Waals surface area (Å²) < 4.78 is 10.7. The Labute approximate surface area is 165 Å². The first kappa shape index (κ1) is 19.8. The third-order valence-electron chi connectivity index (χ3n) is 4.25. The maximum Gasteiger partial charge on any atom is 0.339 e. The number of rotatable bonds is 5. The molecule has 1 aliphatic heterocycles. The molecule has 2 aromatic rings. The number of nitro benzene ring substituents is 1. The molecule has 146 valence electrons. The van der Waals surface area contributed by atoms with Crippen molar-refractivity contribution in [3.63, 3.8) is 0 Å². The van der Waals surface area contributed by atoms with Gasteiger partial charge in [-0.1, -0.05) is 41.9 Å². The molecule has 1 atom stereocenters. The summed E-state index contributed by atoms with van der Waals surface area (Å²) in [6, 6.07) is 12.2. The van der Waals surface area contributed by atoms with Crippen LogP contribution in [-0.4, -0.2) is 48.0 Å². The predicted molar refractivity (Wildman–Crippen MR) is 100 cm³/mol. The Hall–Kier alpha value is -2.97. The fourth-order valence-corrected chi connectivity index (χ4v) is 2.98. The molecule has 8 nitrogen and oxygen atoms in total. The Morgan fingerprint density at radius 2 is 1.82 bits per heavy atom. The van der Waals surface area contributed by atoms with Crippen LogP contribution in [0.15, 0.2) is 48.5 Å². The molecule has 0 saturated carbocycles. The van der Waals surface area contributed by atoms with Crippen LogP contribution >= 0.6 is 11.6 Å². The molecule has 1 heterocycles. The Balaban J connectivity index is 1.87. The number of halogens is 1. The van der Waals surface area contributed by atoms with Gasteiger partial charge in [0.2, 0.25) is 6.10 Å². The summed E-state index contributed by atoms with van der Waals surface area (Å²) in [7, 11) is 0. The van der Waals surface area contributed by atoms with Gasteiger partial charge in [-0.25, -0.2) is 4.79 Å². The number of nitrogens with zero attached hydrogens (tertiary/aromatic N) is 2. The topological polar surface area (TPSA) is 99.0 Å². The lowest BCUT2D eigenvalue weighted by atomic mass is 10.1. The number of carbonyl (C=O) groups is 2. The third kappa shape index (κ3) is 4.47. The second-order valence-electron chi connectivity index (χ2n) is 6.06. The average Bonchev–Trinajstić information content (AvgIpc) is 2.72. The van der Waals surface area contributed by atoms with Gasteiger partial charge < -0.3 is 14.4 Å². The molecule has 3 rings (SSSR count). The second-order valence-corrected chi connectivity index (χ2v) is 6.46. The molecule has 28 heavy (non-hydrogen) atoms. The molecule has 1 saturated heterocycles. The van der Waals surface area contributed by atoms with Gasteiger partial charge in [0.1, 0.15) is 5.02 Å². The molecule has 0 unspecified atom stereocenters. The van der Waals surface area contributed by atoms with E-state index in [1.807, 2.05) is 0 Å². The van der Waals surface area contributed by atoms with E-state index < -0.39 is 22.7 Å². The number of hydrogen-bond donors (Lipinski definition) is 0. The van der Waals surface area contributed by atoms with E-state index in [4.69, 9.17) is 21.1 Å². The number of benzene rings is 2. The van der Waals surface area contributed by atoms with Crippen LogP contribution in [0.1, 0.15) is 22.0 Å². The van der Waals surface area contributed by atoms with Crippen LogP contribution in [0.25, 0.3) is 0 Å². The molecule has 1 fully saturated rings. The summed E-state index contributed by atoms with van der Waals surface area (Å²) >= 11 is 5.78. The molecule has 2 aromatic carbocycles. The Bertz CT molecular complexity index is 883. The molecule has 0 N–H and O–H groups in total. The number of esters is 1. The lowest BCUT2D eigenvalue weighted by molar-refractivity contribution is -0.384. The maximum atomic E-state index is 13.0. The zero-order chi connectivity index (χ0) is 20.1. The fraction of sp³-hybridized carbons (Fsp3) is 0.263. The van der Waals surface area contributed by atoms with Crippen molar-refractivity contribution in [1.29, 1.82) is 0 Å². The van der Waals surface area contributed by atoms with Gasteiger partial charge in [-0.3, -0.25) is 14.9 Å². The van der Waals surface area contributed by atoms with Crippen molar-refractivity contribution in [3.05, 3.63) is 74.8 Å². The van der Waals surface area contributed by atoms with Crippen molar-refractivity contribution in [3.8, 4) is 0 Å². The van der Waals surface area contributed by atoms with Crippen LogP contribution in [0.3, 0.4) is 0 Å². The van der Waals surface area contributed by atoms with Crippen molar-refractivity contribution in [2.24, 2.45) is 0 Å². The Kier molecular flexibility index (Phi) is 6.23. The summed E-state index contributed by atoms with van der Waals surface area (Å²) in [5, 5.41) is 11.0. The highest BCUT2D eigenvalue weighted by Gasteiger charge is 2.31. The van der Waals surface area contributed by atoms with Crippen molar-refractivity contribution in [2.75, 3.05) is 26.3 Å². The van der Waals surface area contributed by atoms with E-state index in [2.05, 4.69) is 0 Å². The summed E-state index contributed by atoms with van der Waals surface area (Å²) in [4.78, 5) is 37.5. The van der Waals surface area contributed by atoms with Gasteiger partial charge in [0.25, 0.3) is 11.6 Å². The molecule has 0 radical (unpaired) electrons. The van der Waals surface area contributed by atoms with Gasteiger partial charge in [0, 0.05) is 24.7 Å². The van der Waals surface area contributed by atoms with Crippen LogP contribution in [0, 0.1) is 10.1 Å². The number of ether oxygens (including phenoxy) is 2. The van der Waals surface area contributed by atoms with Gasteiger partial charge in [0.05, 0.1) is 23.7 Å². The molecule has 0 aliphatic carbocycles. The minimum atomic E-state index is -1.17. The largest absolute Gasteiger partial charge is 0.444 e. The smallest absolute Gasteiger partial charge is 0.339 e. The quantitative estimate of drug-likeness (QED) is 0.431. The SMILES string of the molecule is O=C(O[C@H](C(=O)N1CCOCC1)c1ccccc1)c1ccc(Cl)c([N+](=O)[O-])c1. The van der Waals surface area contributed by atoms with E-state index in [0.717, 1.165) is 6.07 Å². The van der Waals surface area contributed by atoms with Gasteiger partial charge in [-0.05, 0) is 12.1 Å². The van der Waals surface area contributed by atoms with Crippen molar-refractivity contribution in [1.82, 2.24) is 4.90 Å². The fourth-order valence-electron chi connectivity index (χ4n) is 2.79. The van der Waals surface area contributed by atoms with Crippen molar-refractivity contribution < 1.29 is 24.0 Å². The standard InChI is InChI=1S/C19H17ClN2O6/c20-15-7-6-14(12-16(15)22(25)26)19(24)28-17(13-4-2-1-3-5-13)18(23)21-8-10-27-11-9-21/h1-7,12,17H,8-11H2/t17-/m0/s1. The number of carbonyl (C=O) groups excluding carboxylic acids is 2. The molecule has 0 aromatic heterocycles. The summed E-state index contributed by atoms with van der Waals surface area (Å²) in [5.74, 6) is -1.22. The van der Waals surface area contributed by atoms with Crippen molar-refractivity contribution >= 4 is 29.2 Å². The molecular weight excluding hydrogens is 388 g/mol. The second kappa shape index (κ2) is 8.81. The molecule has 0 bridgehead atoms. The summed E-state index contributed by atoms with van der Waals surface area (Å²) in [5.41, 5.74) is 0.0366. The third-order valence-corrected chi connectivity index (χ3v) is 4.57. The summed E-state index contributed by atoms with van der Waals surface area (Å²) in [6.45, 7) is 1.60. The molecule has 1 aliphatic rings. The van der Waals surface area contributed by atoms with Crippen molar-refractivity contribution in [2.45, 2.75) is 6.10 Å². The van der Waals surface area contributed by atoms with Gasteiger partial charge in [-0.2, -0.15) is 0 Å². The van der Waals surface area contributed by atoms with E-state index in [1.165, 1.54) is 12.1 Å². The lowest BCUT2D eigenvalue weighted by Crippen LogP contribution is -2.44. The zero-order valence-corrected chi connectivity index (χ0v) is 15.5. The van der Waals surface area contributed by atoms with E-state index in [-0.39, 0.29) is 16.5 Å². The lowest BCUT2D eigenvalue weighted by Gasteiger charge is -2.30. The predicted octanol–water partition coefficient (Wildman–Crippen LogP) is 3.01. The van der Waals surface area contributed by atoms with Crippen LogP contribution < -0.4 is 0 Å². The molecular formula is C19H17ClN2O6. The molecule has 9 heteroatoms. The average molecular weight is 405 g/mol.